The molecule has 19 heavy (non-hydrogen) atoms. The minimum atomic E-state index is -0.387. The molecule has 0 aliphatic heterocycles. The van der Waals surface area contributed by atoms with Gasteiger partial charge in [-0.15, -0.1) is 0 Å². The van der Waals surface area contributed by atoms with E-state index in [1.807, 2.05) is 6.07 Å². The normalized spacial score (nSPS) is 16.3. The number of benzene rings is 1. The third-order valence-corrected chi connectivity index (χ3v) is 4.59. The molecule has 0 aromatic heterocycles. The molecular weight excluding hydrogens is 312 g/mol. The fourth-order valence-electron chi connectivity index (χ4n) is 2.24. The molecule has 1 aliphatic rings. The zero-order valence-electron chi connectivity index (χ0n) is 10.6. The summed E-state index contributed by atoms with van der Waals surface area (Å²) in [5.74, 6) is 0. The van der Waals surface area contributed by atoms with Gasteiger partial charge in [-0.25, -0.2) is 0 Å². The largest absolute Gasteiger partial charge is 0.396 e. The van der Waals surface area contributed by atoms with Crippen molar-refractivity contribution >= 4 is 21.6 Å². The van der Waals surface area contributed by atoms with Crippen molar-refractivity contribution < 1.29 is 10.0 Å². The molecule has 0 atom stereocenters. The quantitative estimate of drug-likeness (QED) is 0.596. The Morgan fingerprint density at radius 1 is 1.47 bits per heavy atom. The Kier molecular flexibility index (Phi) is 4.54. The summed E-state index contributed by atoms with van der Waals surface area (Å²) < 4.78 is 0.541. The third kappa shape index (κ3) is 3.52. The molecule has 6 heteroatoms. The van der Waals surface area contributed by atoms with Gasteiger partial charge in [0.2, 0.25) is 0 Å². The lowest BCUT2D eigenvalue weighted by Crippen LogP contribution is -2.24. The molecule has 0 radical (unpaired) electrons. The van der Waals surface area contributed by atoms with Crippen LogP contribution in [0.5, 0.6) is 0 Å². The van der Waals surface area contributed by atoms with Crippen molar-refractivity contribution in [1.29, 1.82) is 0 Å². The second-order valence-corrected chi connectivity index (χ2v) is 5.88. The maximum atomic E-state index is 10.8. The topological polar surface area (TPSA) is 75.4 Å². The zero-order valence-corrected chi connectivity index (χ0v) is 12.1. The predicted molar refractivity (Wildman–Crippen MR) is 75.9 cm³/mol. The Morgan fingerprint density at radius 2 is 2.21 bits per heavy atom. The molecule has 0 saturated heterocycles. The van der Waals surface area contributed by atoms with E-state index in [4.69, 9.17) is 5.11 Å². The van der Waals surface area contributed by atoms with Crippen LogP contribution in [0.4, 0.5) is 5.69 Å². The summed E-state index contributed by atoms with van der Waals surface area (Å²) in [5.41, 5.74) is 1.23. The fourth-order valence-corrected chi connectivity index (χ4v) is 2.78. The van der Waals surface area contributed by atoms with E-state index in [9.17, 15) is 10.1 Å². The number of halogens is 1. The van der Waals surface area contributed by atoms with Crippen LogP contribution in [0.2, 0.25) is 0 Å². The number of hydrogen-bond donors (Lipinski definition) is 2. The maximum Gasteiger partial charge on any atom is 0.283 e. The highest BCUT2D eigenvalue weighted by atomic mass is 79.9. The molecule has 1 aromatic carbocycles. The van der Waals surface area contributed by atoms with Crippen molar-refractivity contribution in [3.63, 3.8) is 0 Å². The number of aliphatic hydroxyl groups excluding tert-OH is 1. The molecule has 0 unspecified atom stereocenters. The first kappa shape index (κ1) is 14.4. The van der Waals surface area contributed by atoms with Crippen molar-refractivity contribution in [3.05, 3.63) is 38.3 Å². The smallest absolute Gasteiger partial charge is 0.283 e. The first-order chi connectivity index (χ1) is 9.08. The average molecular weight is 329 g/mol. The summed E-state index contributed by atoms with van der Waals surface area (Å²) in [6, 6.07) is 5.05. The van der Waals surface area contributed by atoms with Gasteiger partial charge in [0.1, 0.15) is 0 Å². The number of nitro benzene ring substituents is 1. The highest BCUT2D eigenvalue weighted by molar-refractivity contribution is 9.10. The van der Waals surface area contributed by atoms with Crippen LogP contribution >= 0.6 is 15.9 Å². The van der Waals surface area contributed by atoms with Crippen LogP contribution in [0, 0.1) is 15.5 Å². The maximum absolute atomic E-state index is 10.8. The Hall–Kier alpha value is -0.980. The van der Waals surface area contributed by atoms with Crippen LogP contribution < -0.4 is 5.32 Å². The van der Waals surface area contributed by atoms with Crippen LogP contribution in [0.1, 0.15) is 24.8 Å². The van der Waals surface area contributed by atoms with Crippen molar-refractivity contribution in [2.75, 3.05) is 13.2 Å². The van der Waals surface area contributed by atoms with Gasteiger partial charge in [0.25, 0.3) is 5.69 Å². The molecule has 0 spiro atoms. The van der Waals surface area contributed by atoms with Gasteiger partial charge in [0, 0.05) is 25.8 Å². The average Bonchev–Trinajstić information content (AvgIpc) is 3.11. The minimum absolute atomic E-state index is 0.0933. The van der Waals surface area contributed by atoms with E-state index in [1.54, 1.807) is 6.07 Å². The summed E-state index contributed by atoms with van der Waals surface area (Å²) >= 11 is 3.29. The molecule has 2 rings (SSSR count). The predicted octanol–water partition coefficient (Wildman–Crippen LogP) is 2.61. The summed E-state index contributed by atoms with van der Waals surface area (Å²) in [4.78, 5) is 10.4. The van der Waals surface area contributed by atoms with Crippen LogP contribution in [0.3, 0.4) is 0 Å². The highest BCUT2D eigenvalue weighted by Crippen LogP contribution is 2.47. The van der Waals surface area contributed by atoms with E-state index >= 15 is 0 Å². The second-order valence-electron chi connectivity index (χ2n) is 5.08. The monoisotopic (exact) mass is 328 g/mol. The molecule has 0 bridgehead atoms. The number of rotatable bonds is 7. The van der Waals surface area contributed by atoms with Crippen molar-refractivity contribution in [3.8, 4) is 0 Å². The van der Waals surface area contributed by atoms with Gasteiger partial charge >= 0.3 is 0 Å². The Bertz CT molecular complexity index is 475. The number of nitrogens with one attached hydrogen (secondary N) is 1. The standard InChI is InChI=1S/C13H17BrN2O3/c14-12-10(2-1-3-11(12)16(18)19)8-15-9-13(4-5-13)6-7-17/h1-3,15,17H,4-9H2. The summed E-state index contributed by atoms with van der Waals surface area (Å²) in [5, 5.41) is 23.2. The number of nitrogens with zero attached hydrogens (tertiary/aromatic N) is 1. The summed E-state index contributed by atoms with van der Waals surface area (Å²) in [7, 11) is 0. The van der Waals surface area contributed by atoms with Crippen LogP contribution in [-0.2, 0) is 6.54 Å². The Balaban J connectivity index is 1.93. The molecule has 5 nitrogen and oxygen atoms in total. The van der Waals surface area contributed by atoms with E-state index in [1.165, 1.54) is 6.07 Å². The lowest BCUT2D eigenvalue weighted by atomic mass is 10.0. The van der Waals surface area contributed by atoms with Gasteiger partial charge in [0.15, 0.2) is 0 Å². The Morgan fingerprint density at radius 3 is 2.79 bits per heavy atom. The fraction of sp³-hybridized carbons (Fsp3) is 0.538. The van der Waals surface area contributed by atoms with E-state index < -0.39 is 0 Å². The van der Waals surface area contributed by atoms with E-state index in [-0.39, 0.29) is 22.6 Å². The van der Waals surface area contributed by atoms with Crippen molar-refractivity contribution in [1.82, 2.24) is 5.32 Å². The van der Waals surface area contributed by atoms with Crippen LogP contribution in [-0.4, -0.2) is 23.2 Å². The van der Waals surface area contributed by atoms with E-state index in [2.05, 4.69) is 21.2 Å². The minimum Gasteiger partial charge on any atom is -0.396 e. The van der Waals surface area contributed by atoms with Crippen LogP contribution in [0.25, 0.3) is 0 Å². The lowest BCUT2D eigenvalue weighted by molar-refractivity contribution is -0.385. The molecule has 0 amide bonds. The lowest BCUT2D eigenvalue weighted by Gasteiger charge is -2.15. The highest BCUT2D eigenvalue weighted by Gasteiger charge is 2.41. The number of nitro groups is 1. The van der Waals surface area contributed by atoms with Crippen LogP contribution in [0.15, 0.2) is 22.7 Å². The number of hydrogen-bond acceptors (Lipinski definition) is 4. The number of aliphatic hydroxyl groups is 1. The van der Waals surface area contributed by atoms with Crippen molar-refractivity contribution in [2.45, 2.75) is 25.8 Å². The molecule has 104 valence electrons. The summed E-state index contributed by atoms with van der Waals surface area (Å²) in [6.45, 7) is 1.67. The first-order valence-corrected chi connectivity index (χ1v) is 7.11. The third-order valence-electron chi connectivity index (χ3n) is 3.67. The molecule has 1 fully saturated rings. The molecule has 0 heterocycles. The second kappa shape index (κ2) is 5.98. The van der Waals surface area contributed by atoms with Gasteiger partial charge in [0.05, 0.1) is 9.40 Å². The van der Waals surface area contributed by atoms with Crippen molar-refractivity contribution in [2.24, 2.45) is 5.41 Å². The zero-order chi connectivity index (χ0) is 13.9. The Labute approximate surface area is 120 Å². The molecule has 2 N–H and O–H groups in total. The molecule has 1 aromatic rings. The van der Waals surface area contributed by atoms with Gasteiger partial charge in [-0.2, -0.15) is 0 Å². The molecule has 1 saturated carbocycles. The van der Waals surface area contributed by atoms with Gasteiger partial charge in [-0.3, -0.25) is 10.1 Å². The summed E-state index contributed by atoms with van der Waals surface area (Å²) in [6.07, 6.45) is 3.13. The van der Waals surface area contributed by atoms with Gasteiger partial charge < -0.3 is 10.4 Å². The van der Waals surface area contributed by atoms with Gasteiger partial charge in [-0.05, 0) is 46.2 Å². The van der Waals surface area contributed by atoms with Gasteiger partial charge in [-0.1, -0.05) is 12.1 Å². The van der Waals surface area contributed by atoms with E-state index in [0.717, 1.165) is 31.4 Å². The first-order valence-electron chi connectivity index (χ1n) is 6.31. The SMILES string of the molecule is O=[N+]([O-])c1cccc(CNCC2(CCO)CC2)c1Br. The van der Waals surface area contributed by atoms with E-state index in [0.29, 0.717) is 11.0 Å². The molecular formula is C13H17BrN2O3. The molecule has 1 aliphatic carbocycles.